The highest BCUT2D eigenvalue weighted by Crippen LogP contribution is 2.35. The lowest BCUT2D eigenvalue weighted by atomic mass is 9.98. The molecule has 0 bridgehead atoms. The average molecular weight is 401 g/mol. The first-order chi connectivity index (χ1) is 14.2. The number of fused-ring (bicyclic) bond motifs is 1. The molecule has 1 aliphatic heterocycles. The molecule has 29 heavy (non-hydrogen) atoms. The fourth-order valence-corrected chi connectivity index (χ4v) is 5.01. The van der Waals surface area contributed by atoms with Gasteiger partial charge in [-0.2, -0.15) is 5.10 Å². The molecular weight excluding hydrogens is 376 g/mol. The van der Waals surface area contributed by atoms with Crippen LogP contribution in [0.25, 0.3) is 5.69 Å². The molecule has 5 rings (SSSR count). The van der Waals surface area contributed by atoms with E-state index in [0.717, 1.165) is 30.3 Å². The van der Waals surface area contributed by atoms with Crippen LogP contribution in [0, 0.1) is 6.92 Å². The van der Waals surface area contributed by atoms with Crippen LogP contribution in [0.4, 0.5) is 5.13 Å². The lowest BCUT2D eigenvalue weighted by Crippen LogP contribution is -2.30. The summed E-state index contributed by atoms with van der Waals surface area (Å²) >= 11 is 1.82. The molecule has 0 aliphatic carbocycles. The van der Waals surface area contributed by atoms with Crippen LogP contribution in [0.1, 0.15) is 40.0 Å². The Morgan fingerprint density at radius 1 is 1.07 bits per heavy atom. The summed E-state index contributed by atoms with van der Waals surface area (Å²) in [5.41, 5.74) is 6.62. The van der Waals surface area contributed by atoms with Gasteiger partial charge in [0, 0.05) is 42.5 Å². The van der Waals surface area contributed by atoms with Crippen LogP contribution >= 0.6 is 11.3 Å². The van der Waals surface area contributed by atoms with Crippen molar-refractivity contribution in [2.75, 3.05) is 11.4 Å². The quantitative estimate of drug-likeness (QED) is 0.463. The molecule has 2 aromatic heterocycles. The number of benzene rings is 2. The standard InChI is InChI=1S/C24H24N4S/c1-17-7-8-19-9-12-27(16-21(19)13-17)24-25-15-23(29-24)18(2)20-5-3-6-22(14-20)28-11-4-10-26-28/h3-8,10-11,13-15,18H,9,12,16H2,1-2H3. The van der Waals surface area contributed by atoms with Crippen molar-refractivity contribution in [1.29, 1.82) is 0 Å². The molecule has 4 nitrogen and oxygen atoms in total. The minimum atomic E-state index is 0.302. The van der Waals surface area contributed by atoms with Crippen LogP contribution in [-0.2, 0) is 13.0 Å². The molecule has 0 spiro atoms. The molecule has 0 saturated heterocycles. The topological polar surface area (TPSA) is 34.0 Å². The predicted molar refractivity (Wildman–Crippen MR) is 119 cm³/mol. The number of thiazole rings is 1. The SMILES string of the molecule is Cc1ccc2c(c1)CN(c1ncc(C(C)c3cccc(-n4cccn4)c3)s1)CC2. The normalized spacial score (nSPS) is 14.6. The predicted octanol–water partition coefficient (Wildman–Crippen LogP) is 5.35. The Morgan fingerprint density at radius 2 is 2.00 bits per heavy atom. The Balaban J connectivity index is 1.37. The van der Waals surface area contributed by atoms with E-state index < -0.39 is 0 Å². The fraction of sp³-hybridized carbons (Fsp3) is 0.250. The van der Waals surface area contributed by atoms with E-state index in [1.807, 2.05) is 34.5 Å². The number of rotatable bonds is 4. The summed E-state index contributed by atoms with van der Waals surface area (Å²) in [7, 11) is 0. The molecule has 3 heterocycles. The summed E-state index contributed by atoms with van der Waals surface area (Å²) < 4.78 is 1.90. The number of aromatic nitrogens is 3. The second kappa shape index (κ2) is 7.48. The maximum absolute atomic E-state index is 4.78. The highest BCUT2D eigenvalue weighted by Gasteiger charge is 2.21. The van der Waals surface area contributed by atoms with Crippen molar-refractivity contribution in [1.82, 2.24) is 14.8 Å². The summed E-state index contributed by atoms with van der Waals surface area (Å²) in [6, 6.07) is 17.4. The second-order valence-corrected chi connectivity index (χ2v) is 8.80. The Morgan fingerprint density at radius 3 is 2.86 bits per heavy atom. The van der Waals surface area contributed by atoms with Crippen LogP contribution in [0.3, 0.4) is 0 Å². The molecule has 0 radical (unpaired) electrons. The molecule has 1 aliphatic rings. The molecule has 1 atom stereocenters. The van der Waals surface area contributed by atoms with Crippen molar-refractivity contribution in [2.45, 2.75) is 32.7 Å². The molecule has 0 fully saturated rings. The summed E-state index contributed by atoms with van der Waals surface area (Å²) in [5.74, 6) is 0.302. The monoisotopic (exact) mass is 400 g/mol. The maximum atomic E-state index is 4.78. The van der Waals surface area contributed by atoms with Gasteiger partial charge in [0.05, 0.1) is 5.69 Å². The number of anilines is 1. The van der Waals surface area contributed by atoms with E-state index in [2.05, 4.69) is 72.5 Å². The molecule has 0 amide bonds. The third-order valence-corrected chi connectivity index (χ3v) is 6.96. The van der Waals surface area contributed by atoms with E-state index in [1.165, 1.54) is 27.1 Å². The van der Waals surface area contributed by atoms with Gasteiger partial charge in [-0.25, -0.2) is 9.67 Å². The van der Waals surface area contributed by atoms with Gasteiger partial charge in [0.2, 0.25) is 0 Å². The highest BCUT2D eigenvalue weighted by atomic mass is 32.1. The van der Waals surface area contributed by atoms with Crippen LogP contribution in [0.5, 0.6) is 0 Å². The van der Waals surface area contributed by atoms with Gasteiger partial charge >= 0.3 is 0 Å². The third-order valence-electron chi connectivity index (χ3n) is 5.72. The van der Waals surface area contributed by atoms with Gasteiger partial charge in [0.1, 0.15) is 0 Å². The second-order valence-electron chi connectivity index (χ2n) is 7.76. The van der Waals surface area contributed by atoms with Gasteiger partial charge in [0.15, 0.2) is 5.13 Å². The Kier molecular flexibility index (Phi) is 4.68. The van der Waals surface area contributed by atoms with Crippen LogP contribution in [0.2, 0.25) is 0 Å². The maximum Gasteiger partial charge on any atom is 0.185 e. The fourth-order valence-electron chi connectivity index (χ4n) is 3.99. The number of nitrogens with zero attached hydrogens (tertiary/aromatic N) is 4. The first kappa shape index (κ1) is 18.1. The van der Waals surface area contributed by atoms with Gasteiger partial charge in [-0.3, -0.25) is 0 Å². The lowest BCUT2D eigenvalue weighted by molar-refractivity contribution is 0.728. The van der Waals surface area contributed by atoms with Crippen molar-refractivity contribution in [2.24, 2.45) is 0 Å². The van der Waals surface area contributed by atoms with E-state index in [0.29, 0.717) is 5.92 Å². The smallest absolute Gasteiger partial charge is 0.185 e. The minimum Gasteiger partial charge on any atom is -0.343 e. The molecule has 146 valence electrons. The average Bonchev–Trinajstić information content (AvgIpc) is 3.45. The van der Waals surface area contributed by atoms with Gasteiger partial charge in [-0.15, -0.1) is 11.3 Å². The van der Waals surface area contributed by atoms with Crippen molar-refractivity contribution in [3.8, 4) is 5.69 Å². The van der Waals surface area contributed by atoms with E-state index in [4.69, 9.17) is 4.98 Å². The molecule has 5 heteroatoms. The van der Waals surface area contributed by atoms with Crippen molar-refractivity contribution in [3.63, 3.8) is 0 Å². The Hall–Kier alpha value is -2.92. The van der Waals surface area contributed by atoms with E-state index in [1.54, 1.807) is 0 Å². The van der Waals surface area contributed by atoms with Crippen LogP contribution in [0.15, 0.2) is 67.1 Å². The van der Waals surface area contributed by atoms with Crippen LogP contribution in [-0.4, -0.2) is 21.3 Å². The van der Waals surface area contributed by atoms with Crippen molar-refractivity contribution in [3.05, 3.63) is 94.3 Å². The molecule has 0 N–H and O–H groups in total. The lowest BCUT2D eigenvalue weighted by Gasteiger charge is -2.28. The number of hydrogen-bond acceptors (Lipinski definition) is 4. The third kappa shape index (κ3) is 3.58. The van der Waals surface area contributed by atoms with Gasteiger partial charge in [0.25, 0.3) is 0 Å². The first-order valence-electron chi connectivity index (χ1n) is 10.1. The minimum absolute atomic E-state index is 0.302. The van der Waals surface area contributed by atoms with Crippen LogP contribution < -0.4 is 4.90 Å². The summed E-state index contributed by atoms with van der Waals surface area (Å²) in [6.45, 7) is 6.41. The molecule has 2 aromatic carbocycles. The van der Waals surface area contributed by atoms with Crippen molar-refractivity contribution < 1.29 is 0 Å². The Labute approximate surface area is 175 Å². The van der Waals surface area contributed by atoms with Gasteiger partial charge < -0.3 is 4.90 Å². The molecule has 0 saturated carbocycles. The number of hydrogen-bond donors (Lipinski definition) is 0. The van der Waals surface area contributed by atoms with Gasteiger partial charge in [-0.05, 0) is 48.2 Å². The zero-order valence-corrected chi connectivity index (χ0v) is 17.6. The Bertz CT molecular complexity index is 1130. The van der Waals surface area contributed by atoms with Gasteiger partial charge in [-0.1, -0.05) is 42.8 Å². The highest BCUT2D eigenvalue weighted by molar-refractivity contribution is 7.15. The summed E-state index contributed by atoms with van der Waals surface area (Å²) in [5, 5.41) is 5.48. The van der Waals surface area contributed by atoms with Crippen molar-refractivity contribution >= 4 is 16.5 Å². The molecular formula is C24H24N4S. The zero-order chi connectivity index (χ0) is 19.8. The van der Waals surface area contributed by atoms with E-state index in [-0.39, 0.29) is 0 Å². The van der Waals surface area contributed by atoms with E-state index >= 15 is 0 Å². The number of aryl methyl sites for hydroxylation is 1. The van der Waals surface area contributed by atoms with E-state index in [9.17, 15) is 0 Å². The summed E-state index contributed by atoms with van der Waals surface area (Å²) in [6.07, 6.45) is 6.93. The first-order valence-corrected chi connectivity index (χ1v) is 10.9. The molecule has 4 aromatic rings. The summed E-state index contributed by atoms with van der Waals surface area (Å²) in [4.78, 5) is 8.50. The zero-order valence-electron chi connectivity index (χ0n) is 16.7. The molecule has 1 unspecified atom stereocenters. The largest absolute Gasteiger partial charge is 0.343 e.